The third-order valence-electron chi connectivity index (χ3n) is 4.02. The molecule has 3 rings (SSSR count). The quantitative estimate of drug-likeness (QED) is 0.716. The van der Waals surface area contributed by atoms with E-state index in [1.807, 2.05) is 54.3 Å². The van der Waals surface area contributed by atoms with Crippen LogP contribution in [0.3, 0.4) is 0 Å². The second-order valence-electron chi connectivity index (χ2n) is 5.58. The number of aryl methyl sites for hydroxylation is 1. The van der Waals surface area contributed by atoms with Gasteiger partial charge in [0.2, 0.25) is 0 Å². The summed E-state index contributed by atoms with van der Waals surface area (Å²) in [5, 5.41) is 29.4. The van der Waals surface area contributed by atoms with Crippen LogP contribution in [0.25, 0.3) is 16.9 Å². The van der Waals surface area contributed by atoms with E-state index in [1.165, 1.54) is 6.20 Å². The zero-order valence-electron chi connectivity index (χ0n) is 14.5. The molecule has 1 N–H and O–H groups in total. The number of nitrogens with zero attached hydrogens (tertiary/aromatic N) is 6. The van der Waals surface area contributed by atoms with Crippen LogP contribution >= 0.6 is 0 Å². The van der Waals surface area contributed by atoms with Crippen LogP contribution in [0.1, 0.15) is 12.6 Å². The van der Waals surface area contributed by atoms with Gasteiger partial charge in [-0.1, -0.05) is 0 Å². The summed E-state index contributed by atoms with van der Waals surface area (Å²) >= 11 is 0. The first kappa shape index (κ1) is 17.0. The number of hydrogen-bond acceptors (Lipinski definition) is 5. The van der Waals surface area contributed by atoms with Gasteiger partial charge in [0, 0.05) is 35.9 Å². The minimum Gasteiger partial charge on any atom is -0.360 e. The standard InChI is InChI=1S/C19H17N7/c1-3-25-14(2)18(13-23-25)19-8-9-26(24-19)17-6-4-16(5-7-17)22-12-15(10-20)11-21/h4-9,12-13,22H,3H2,1-2H3. The smallest absolute Gasteiger partial charge is 0.145 e. The molecule has 0 aliphatic carbocycles. The molecule has 0 unspecified atom stereocenters. The zero-order valence-corrected chi connectivity index (χ0v) is 14.5. The fraction of sp³-hybridized carbons (Fsp3) is 0.158. The molecule has 1 aromatic carbocycles. The van der Waals surface area contributed by atoms with Crippen LogP contribution in [0.2, 0.25) is 0 Å². The predicted molar refractivity (Wildman–Crippen MR) is 98.1 cm³/mol. The lowest BCUT2D eigenvalue weighted by Crippen LogP contribution is -1.99. The normalized spacial score (nSPS) is 10.0. The highest BCUT2D eigenvalue weighted by Crippen LogP contribution is 2.22. The van der Waals surface area contributed by atoms with Crippen molar-refractivity contribution in [3.05, 3.63) is 60.2 Å². The Morgan fingerprint density at radius 3 is 2.54 bits per heavy atom. The first-order valence-electron chi connectivity index (χ1n) is 8.12. The Kier molecular flexibility index (Phi) is 4.82. The van der Waals surface area contributed by atoms with E-state index in [0.717, 1.165) is 34.9 Å². The minimum absolute atomic E-state index is 0.0220. The summed E-state index contributed by atoms with van der Waals surface area (Å²) in [6.45, 7) is 4.92. The Morgan fingerprint density at radius 2 is 1.92 bits per heavy atom. The summed E-state index contributed by atoms with van der Waals surface area (Å²) < 4.78 is 3.74. The molecule has 0 radical (unpaired) electrons. The van der Waals surface area contributed by atoms with Crippen LogP contribution in [0, 0.1) is 29.6 Å². The molecule has 7 heteroatoms. The van der Waals surface area contributed by atoms with Gasteiger partial charge in [0.1, 0.15) is 17.7 Å². The largest absolute Gasteiger partial charge is 0.360 e. The molecule has 0 saturated heterocycles. The van der Waals surface area contributed by atoms with E-state index in [4.69, 9.17) is 10.5 Å². The lowest BCUT2D eigenvalue weighted by molar-refractivity contribution is 0.640. The van der Waals surface area contributed by atoms with Crippen molar-refractivity contribution in [3.8, 4) is 29.1 Å². The molecular formula is C19H17N7. The Hall–Kier alpha value is -3.84. The molecule has 0 aliphatic rings. The summed E-state index contributed by atoms with van der Waals surface area (Å²) in [7, 11) is 0. The van der Waals surface area contributed by atoms with Crippen molar-refractivity contribution >= 4 is 5.69 Å². The van der Waals surface area contributed by atoms with Gasteiger partial charge in [-0.15, -0.1) is 0 Å². The van der Waals surface area contributed by atoms with Crippen molar-refractivity contribution < 1.29 is 0 Å². The van der Waals surface area contributed by atoms with Crippen LogP contribution in [0.5, 0.6) is 0 Å². The van der Waals surface area contributed by atoms with E-state index < -0.39 is 0 Å². The molecule has 3 aromatic rings. The van der Waals surface area contributed by atoms with Gasteiger partial charge < -0.3 is 5.32 Å². The molecule has 0 fully saturated rings. The Labute approximate surface area is 151 Å². The molecule has 0 bridgehead atoms. The van der Waals surface area contributed by atoms with Crippen molar-refractivity contribution in [2.45, 2.75) is 20.4 Å². The summed E-state index contributed by atoms with van der Waals surface area (Å²) in [6.07, 6.45) is 5.13. The van der Waals surface area contributed by atoms with Crippen molar-refractivity contribution in [1.82, 2.24) is 19.6 Å². The molecule has 0 atom stereocenters. The van der Waals surface area contributed by atoms with Crippen molar-refractivity contribution in [3.63, 3.8) is 0 Å². The van der Waals surface area contributed by atoms with E-state index in [-0.39, 0.29) is 5.57 Å². The number of hydrogen-bond donors (Lipinski definition) is 1. The lowest BCUT2D eigenvalue weighted by Gasteiger charge is -2.04. The third kappa shape index (κ3) is 3.33. The average molecular weight is 343 g/mol. The maximum absolute atomic E-state index is 8.73. The molecule has 2 aromatic heterocycles. The zero-order chi connectivity index (χ0) is 18.5. The molecular weight excluding hydrogens is 326 g/mol. The summed E-state index contributed by atoms with van der Waals surface area (Å²) in [6, 6.07) is 13.1. The van der Waals surface area contributed by atoms with Crippen LogP contribution in [0.15, 0.2) is 54.5 Å². The number of rotatable bonds is 5. The Bertz CT molecular complexity index is 1010. The summed E-state index contributed by atoms with van der Waals surface area (Å²) in [5.41, 5.74) is 4.70. The van der Waals surface area contributed by atoms with Crippen LogP contribution < -0.4 is 5.32 Å². The lowest BCUT2D eigenvalue weighted by atomic mass is 10.2. The first-order chi connectivity index (χ1) is 12.7. The first-order valence-corrected chi connectivity index (χ1v) is 8.12. The molecule has 0 spiro atoms. The van der Waals surface area contributed by atoms with E-state index >= 15 is 0 Å². The van der Waals surface area contributed by atoms with E-state index in [1.54, 1.807) is 16.8 Å². The van der Waals surface area contributed by atoms with Crippen molar-refractivity contribution in [2.75, 3.05) is 5.32 Å². The number of benzene rings is 1. The highest BCUT2D eigenvalue weighted by Gasteiger charge is 2.11. The third-order valence-corrected chi connectivity index (χ3v) is 4.02. The topological polar surface area (TPSA) is 95.2 Å². The maximum atomic E-state index is 8.73. The van der Waals surface area contributed by atoms with Gasteiger partial charge in [0.15, 0.2) is 0 Å². The van der Waals surface area contributed by atoms with E-state index in [9.17, 15) is 0 Å². The van der Waals surface area contributed by atoms with Gasteiger partial charge >= 0.3 is 0 Å². The Morgan fingerprint density at radius 1 is 1.19 bits per heavy atom. The van der Waals surface area contributed by atoms with Crippen LogP contribution in [-0.2, 0) is 6.54 Å². The highest BCUT2D eigenvalue weighted by atomic mass is 15.3. The molecule has 0 amide bonds. The molecule has 128 valence electrons. The van der Waals surface area contributed by atoms with Gasteiger partial charge in [-0.3, -0.25) is 4.68 Å². The van der Waals surface area contributed by atoms with Gasteiger partial charge in [-0.2, -0.15) is 20.7 Å². The van der Waals surface area contributed by atoms with Crippen molar-refractivity contribution in [1.29, 1.82) is 10.5 Å². The maximum Gasteiger partial charge on any atom is 0.145 e. The number of aromatic nitrogens is 4. The van der Waals surface area contributed by atoms with Gasteiger partial charge in [-0.05, 0) is 44.2 Å². The van der Waals surface area contributed by atoms with Gasteiger partial charge in [-0.25, -0.2) is 4.68 Å². The van der Waals surface area contributed by atoms with Gasteiger partial charge in [0.25, 0.3) is 0 Å². The second-order valence-corrected chi connectivity index (χ2v) is 5.58. The van der Waals surface area contributed by atoms with Gasteiger partial charge in [0.05, 0.1) is 17.6 Å². The number of anilines is 1. The minimum atomic E-state index is 0.0220. The van der Waals surface area contributed by atoms with E-state index in [2.05, 4.69) is 22.4 Å². The average Bonchev–Trinajstić information content (AvgIpc) is 3.29. The summed E-state index contributed by atoms with van der Waals surface area (Å²) in [5.74, 6) is 0. The van der Waals surface area contributed by atoms with Crippen molar-refractivity contribution in [2.24, 2.45) is 0 Å². The number of nitrogens with one attached hydrogen (secondary N) is 1. The number of allylic oxidation sites excluding steroid dienone is 1. The SMILES string of the molecule is CCn1ncc(-c2ccn(-c3ccc(NC=C(C#N)C#N)cc3)n2)c1C. The molecule has 0 aliphatic heterocycles. The summed E-state index contributed by atoms with van der Waals surface area (Å²) in [4.78, 5) is 0. The monoisotopic (exact) mass is 343 g/mol. The van der Waals surface area contributed by atoms with Crippen LogP contribution in [0.4, 0.5) is 5.69 Å². The van der Waals surface area contributed by atoms with Crippen LogP contribution in [-0.4, -0.2) is 19.6 Å². The fourth-order valence-corrected chi connectivity index (χ4v) is 2.58. The molecule has 26 heavy (non-hydrogen) atoms. The molecule has 7 nitrogen and oxygen atoms in total. The fourth-order valence-electron chi connectivity index (χ4n) is 2.58. The molecule has 2 heterocycles. The van der Waals surface area contributed by atoms with E-state index in [0.29, 0.717) is 0 Å². The second kappa shape index (κ2) is 7.37. The molecule has 0 saturated carbocycles. The predicted octanol–water partition coefficient (Wildman–Crippen LogP) is 3.41. The number of nitriles is 2. The Balaban J connectivity index is 1.80. The highest BCUT2D eigenvalue weighted by molar-refractivity contribution is 5.61.